The summed E-state index contributed by atoms with van der Waals surface area (Å²) in [5.41, 5.74) is -4.23. The standard InChI is InChI=1S/C38H52F4N6O10S/c1-8-9-21(2)16-22(3)28(44-34(52)58-35(4,5)38(40,41)42)31(50)48-19-24(57-30-25-11-10-23(55-6)17-26(25)43-33(45-30)56-7)18-27(48)29(49)46-37(14-15-37)32(51)47-59(53,54)36(20-39)12-13-36/h10-11,17,21-22,24,27-28H,8-9,12-16,18-20H2,1-7H3,(H,44,52)(H,46,49)(H,47,51). The molecule has 3 aliphatic rings. The molecule has 1 aliphatic heterocycles. The number of methoxy groups -OCH3 is 2. The second-order valence-electron chi connectivity index (χ2n) is 16.3. The van der Waals surface area contributed by atoms with E-state index in [2.05, 4.69) is 20.6 Å². The first-order valence-electron chi connectivity index (χ1n) is 19.4. The van der Waals surface area contributed by atoms with Crippen LogP contribution in [-0.2, 0) is 29.1 Å². The lowest BCUT2D eigenvalue weighted by atomic mass is 9.88. The molecule has 5 atom stereocenters. The van der Waals surface area contributed by atoms with E-state index >= 15 is 0 Å². The predicted molar refractivity (Wildman–Crippen MR) is 204 cm³/mol. The third kappa shape index (κ3) is 9.86. The number of sulfonamides is 1. The summed E-state index contributed by atoms with van der Waals surface area (Å²) in [5, 5.41) is 5.36. The van der Waals surface area contributed by atoms with Crippen molar-refractivity contribution < 1.29 is 64.1 Å². The Hall–Kier alpha value is -4.69. The van der Waals surface area contributed by atoms with Gasteiger partial charge >= 0.3 is 18.3 Å². The molecule has 0 radical (unpaired) electrons. The van der Waals surface area contributed by atoms with Gasteiger partial charge in [0.25, 0.3) is 5.91 Å². The van der Waals surface area contributed by atoms with Gasteiger partial charge in [-0.05, 0) is 69.9 Å². The van der Waals surface area contributed by atoms with E-state index in [1.165, 1.54) is 14.2 Å². The molecule has 328 valence electrons. The molecule has 16 nitrogen and oxygen atoms in total. The molecule has 0 spiro atoms. The summed E-state index contributed by atoms with van der Waals surface area (Å²) >= 11 is 0. The molecule has 1 saturated heterocycles. The maximum Gasteiger partial charge on any atom is 0.427 e. The molecule has 2 saturated carbocycles. The number of carbonyl (C=O) groups excluding carboxylic acids is 4. The number of rotatable bonds is 18. The van der Waals surface area contributed by atoms with E-state index in [1.807, 2.05) is 18.6 Å². The quantitative estimate of drug-likeness (QED) is 0.178. The zero-order chi connectivity index (χ0) is 43.7. The van der Waals surface area contributed by atoms with E-state index in [1.54, 1.807) is 25.1 Å². The summed E-state index contributed by atoms with van der Waals surface area (Å²) in [6, 6.07) is 1.92. The maximum absolute atomic E-state index is 14.7. The van der Waals surface area contributed by atoms with Gasteiger partial charge in [0, 0.05) is 12.5 Å². The fourth-order valence-corrected chi connectivity index (χ4v) is 8.59. The van der Waals surface area contributed by atoms with E-state index in [0.717, 1.165) is 17.7 Å². The molecule has 1 aromatic carbocycles. The zero-order valence-electron chi connectivity index (χ0n) is 34.0. The maximum atomic E-state index is 14.7. The molecule has 0 bridgehead atoms. The first-order valence-corrected chi connectivity index (χ1v) is 20.9. The largest absolute Gasteiger partial charge is 0.497 e. The third-order valence-electron chi connectivity index (χ3n) is 11.2. The molecule has 5 unspecified atom stereocenters. The first kappa shape index (κ1) is 45.4. The number of likely N-dealkylation sites (tertiary alicyclic amines) is 1. The number of aromatic nitrogens is 2. The number of fused-ring (bicyclic) bond motifs is 1. The van der Waals surface area contributed by atoms with Crippen LogP contribution in [0.2, 0.25) is 0 Å². The average Bonchev–Trinajstić information content (AvgIpc) is 4.09. The van der Waals surface area contributed by atoms with Crippen LogP contribution in [0.25, 0.3) is 10.9 Å². The Balaban J connectivity index is 1.48. The van der Waals surface area contributed by atoms with Crippen LogP contribution < -0.4 is 29.6 Å². The predicted octanol–water partition coefficient (Wildman–Crippen LogP) is 4.49. The number of halogens is 4. The molecule has 59 heavy (non-hydrogen) atoms. The van der Waals surface area contributed by atoms with E-state index in [0.29, 0.717) is 36.9 Å². The van der Waals surface area contributed by atoms with Gasteiger partial charge in [0.15, 0.2) is 0 Å². The van der Waals surface area contributed by atoms with Crippen molar-refractivity contribution in [2.75, 3.05) is 27.4 Å². The molecule has 5 rings (SSSR count). The van der Waals surface area contributed by atoms with E-state index in [9.17, 15) is 45.2 Å². The van der Waals surface area contributed by atoms with E-state index in [4.69, 9.17) is 18.9 Å². The normalized spacial score (nSPS) is 21.1. The smallest absolute Gasteiger partial charge is 0.427 e. The van der Waals surface area contributed by atoms with Gasteiger partial charge in [0.05, 0.1) is 31.7 Å². The Labute approximate surface area is 339 Å². The summed E-state index contributed by atoms with van der Waals surface area (Å²) in [6.07, 6.45) is -5.61. The van der Waals surface area contributed by atoms with Crippen molar-refractivity contribution in [2.24, 2.45) is 11.8 Å². The van der Waals surface area contributed by atoms with Crippen LogP contribution >= 0.6 is 0 Å². The Morgan fingerprint density at radius 1 is 1.03 bits per heavy atom. The van der Waals surface area contributed by atoms with Crippen molar-refractivity contribution in [2.45, 2.75) is 126 Å². The van der Waals surface area contributed by atoms with Crippen LogP contribution in [0.5, 0.6) is 17.6 Å². The molecular formula is C38H52F4N6O10S. The number of nitrogens with zero attached hydrogens (tertiary/aromatic N) is 3. The van der Waals surface area contributed by atoms with Crippen LogP contribution in [0.3, 0.4) is 0 Å². The monoisotopic (exact) mass is 860 g/mol. The van der Waals surface area contributed by atoms with E-state index < -0.39 is 86.7 Å². The Morgan fingerprint density at radius 3 is 2.27 bits per heavy atom. The van der Waals surface area contributed by atoms with Gasteiger partial charge in [0.2, 0.25) is 33.3 Å². The molecule has 21 heteroatoms. The minimum Gasteiger partial charge on any atom is -0.497 e. The third-order valence-corrected chi connectivity index (χ3v) is 13.4. The second kappa shape index (κ2) is 17.1. The Kier molecular flexibility index (Phi) is 13.2. The number of ether oxygens (including phenoxy) is 4. The molecule has 4 amide bonds. The van der Waals surface area contributed by atoms with Crippen molar-refractivity contribution in [3.63, 3.8) is 0 Å². The summed E-state index contributed by atoms with van der Waals surface area (Å²) in [7, 11) is -1.61. The number of benzene rings is 1. The summed E-state index contributed by atoms with van der Waals surface area (Å²) in [5.74, 6) is -2.94. The number of hydrogen-bond acceptors (Lipinski definition) is 12. The highest BCUT2D eigenvalue weighted by Crippen LogP contribution is 2.45. The molecule has 3 N–H and O–H groups in total. The number of hydrogen-bond donors (Lipinski definition) is 3. The lowest BCUT2D eigenvalue weighted by molar-refractivity contribution is -0.244. The summed E-state index contributed by atoms with van der Waals surface area (Å²) in [6.45, 7) is 5.37. The highest BCUT2D eigenvalue weighted by molar-refractivity contribution is 7.91. The van der Waals surface area contributed by atoms with Gasteiger partial charge in [-0.25, -0.2) is 17.6 Å². The van der Waals surface area contributed by atoms with Crippen molar-refractivity contribution >= 4 is 44.7 Å². The van der Waals surface area contributed by atoms with Crippen LogP contribution in [0.4, 0.5) is 22.4 Å². The minimum absolute atomic E-state index is 0.0208. The lowest BCUT2D eigenvalue weighted by Crippen LogP contribution is -2.59. The van der Waals surface area contributed by atoms with Crippen molar-refractivity contribution in [3.05, 3.63) is 18.2 Å². The van der Waals surface area contributed by atoms with Gasteiger partial charge in [-0.2, -0.15) is 23.1 Å². The number of alkyl halides is 4. The van der Waals surface area contributed by atoms with Crippen LogP contribution in [0, 0.1) is 11.8 Å². The summed E-state index contributed by atoms with van der Waals surface area (Å²) < 4.78 is 103. The van der Waals surface area contributed by atoms with Crippen LogP contribution in [0.1, 0.15) is 86.0 Å². The average molecular weight is 861 g/mol. The highest BCUT2D eigenvalue weighted by atomic mass is 32.2. The second-order valence-corrected chi connectivity index (χ2v) is 18.4. The minimum atomic E-state index is -4.94. The van der Waals surface area contributed by atoms with Crippen LogP contribution in [-0.4, -0.2) is 115 Å². The van der Waals surface area contributed by atoms with E-state index in [-0.39, 0.29) is 56.5 Å². The lowest BCUT2D eigenvalue weighted by Gasteiger charge is -2.34. The topological polar surface area (TPSA) is 204 Å². The molecule has 1 aromatic heterocycles. The van der Waals surface area contributed by atoms with Gasteiger partial charge in [-0.3, -0.25) is 19.1 Å². The van der Waals surface area contributed by atoms with Crippen molar-refractivity contribution in [1.29, 1.82) is 0 Å². The van der Waals surface area contributed by atoms with Crippen LogP contribution in [0.15, 0.2) is 18.2 Å². The number of carbonyl (C=O) groups is 4. The number of nitrogens with one attached hydrogen (secondary N) is 3. The van der Waals surface area contributed by atoms with Crippen molar-refractivity contribution in [3.8, 4) is 17.6 Å². The van der Waals surface area contributed by atoms with Gasteiger partial charge in [0.1, 0.15) is 40.9 Å². The Bertz CT molecular complexity index is 2020. The Morgan fingerprint density at radius 2 is 1.71 bits per heavy atom. The zero-order valence-corrected chi connectivity index (χ0v) is 34.9. The number of alkyl carbamates (subject to hydrolysis) is 1. The molecule has 2 aliphatic carbocycles. The first-order chi connectivity index (χ1) is 27.5. The molecule has 2 aromatic rings. The highest BCUT2D eigenvalue weighted by Gasteiger charge is 2.60. The molecule has 3 fully saturated rings. The van der Waals surface area contributed by atoms with Crippen molar-refractivity contribution in [1.82, 2.24) is 30.2 Å². The van der Waals surface area contributed by atoms with Gasteiger partial charge in [-0.15, -0.1) is 0 Å². The number of amides is 4. The fourth-order valence-electron chi connectivity index (χ4n) is 7.15. The van der Waals surface area contributed by atoms with Gasteiger partial charge in [-0.1, -0.05) is 33.6 Å². The fraction of sp³-hybridized carbons (Fsp3) is 0.684. The summed E-state index contributed by atoms with van der Waals surface area (Å²) in [4.78, 5) is 65.3. The molecular weight excluding hydrogens is 809 g/mol. The molecule has 2 heterocycles. The van der Waals surface area contributed by atoms with Gasteiger partial charge < -0.3 is 34.5 Å². The SMILES string of the molecule is CCCC(C)CC(C)C(NC(=O)OC(C)(C)C(F)(F)F)C(=O)N1CC(Oc2nc(OC)nc3cc(OC)ccc23)CC1C(=O)NC1(C(=O)NS(=O)(=O)C2(CF)CC2)CC1.